The molecule has 0 heterocycles. The molecule has 3 aromatic carbocycles. The van der Waals surface area contributed by atoms with E-state index in [4.69, 9.17) is 9.47 Å². The lowest BCUT2D eigenvalue weighted by molar-refractivity contribution is 0.0599. The van der Waals surface area contributed by atoms with Crippen molar-refractivity contribution >= 4 is 35.1 Å². The normalized spacial score (nSPS) is 11.0. The standard InChI is InChI=1S/C23H22O4P/c1-26-22(24)17-14-18(23(25)27-2)16-21(15-17)28(3,19-10-6-4-7-11-19)20-12-8-5-9-13-20/h4-16H,1-3H3/q+1. The molecule has 0 bridgehead atoms. The van der Waals surface area contributed by atoms with E-state index in [1.807, 2.05) is 48.5 Å². The maximum absolute atomic E-state index is 12.3. The summed E-state index contributed by atoms with van der Waals surface area (Å²) < 4.78 is 9.81. The number of benzene rings is 3. The summed E-state index contributed by atoms with van der Waals surface area (Å²) in [5.41, 5.74) is 0.664. The third-order valence-corrected chi connectivity index (χ3v) is 8.77. The van der Waals surface area contributed by atoms with Crippen LogP contribution in [-0.2, 0) is 9.47 Å². The lowest BCUT2D eigenvalue weighted by Gasteiger charge is -2.24. The highest BCUT2D eigenvalue weighted by Crippen LogP contribution is 2.51. The molecule has 0 fully saturated rings. The highest BCUT2D eigenvalue weighted by atomic mass is 31.2. The van der Waals surface area contributed by atoms with Crippen LogP contribution in [0.5, 0.6) is 0 Å². The first-order valence-electron chi connectivity index (χ1n) is 8.80. The third-order valence-electron chi connectivity index (χ3n) is 4.82. The molecule has 0 radical (unpaired) electrons. The van der Waals surface area contributed by atoms with E-state index in [0.29, 0.717) is 11.1 Å². The minimum atomic E-state index is -2.10. The molecule has 0 amide bonds. The quantitative estimate of drug-likeness (QED) is 0.494. The zero-order chi connectivity index (χ0) is 20.1. The molecule has 0 spiro atoms. The Balaban J connectivity index is 2.31. The molecule has 0 unspecified atom stereocenters. The van der Waals surface area contributed by atoms with Gasteiger partial charge in [-0.3, -0.25) is 0 Å². The maximum atomic E-state index is 12.3. The summed E-state index contributed by atoms with van der Waals surface area (Å²) in [6, 6.07) is 25.5. The molecule has 28 heavy (non-hydrogen) atoms. The average molecular weight is 393 g/mol. The van der Waals surface area contributed by atoms with Crippen LogP contribution >= 0.6 is 7.26 Å². The van der Waals surface area contributed by atoms with Crippen LogP contribution in [0, 0.1) is 0 Å². The van der Waals surface area contributed by atoms with Crippen LogP contribution in [0.2, 0.25) is 0 Å². The van der Waals surface area contributed by atoms with E-state index in [0.717, 1.165) is 15.9 Å². The molecule has 0 aliphatic heterocycles. The minimum Gasteiger partial charge on any atom is -0.465 e. The fraction of sp³-hybridized carbons (Fsp3) is 0.130. The highest BCUT2D eigenvalue weighted by molar-refractivity contribution is 7.95. The highest BCUT2D eigenvalue weighted by Gasteiger charge is 2.41. The van der Waals surface area contributed by atoms with Crippen molar-refractivity contribution in [3.8, 4) is 0 Å². The van der Waals surface area contributed by atoms with E-state index in [1.165, 1.54) is 20.3 Å². The van der Waals surface area contributed by atoms with Gasteiger partial charge in [-0.2, -0.15) is 0 Å². The third kappa shape index (κ3) is 3.69. The predicted molar refractivity (Wildman–Crippen MR) is 114 cm³/mol. The molecular formula is C23H22O4P+. The Morgan fingerprint density at radius 3 is 1.39 bits per heavy atom. The molecule has 0 aliphatic carbocycles. The monoisotopic (exact) mass is 393 g/mol. The molecule has 5 heteroatoms. The Labute approximate surface area is 165 Å². The van der Waals surface area contributed by atoms with Gasteiger partial charge < -0.3 is 9.47 Å². The Kier molecular flexibility index (Phi) is 5.91. The second-order valence-corrected chi connectivity index (χ2v) is 9.99. The first-order valence-corrected chi connectivity index (χ1v) is 11.0. The molecule has 3 aromatic rings. The summed E-state index contributed by atoms with van der Waals surface area (Å²) in [6.07, 6.45) is 0. The fourth-order valence-corrected chi connectivity index (χ4v) is 6.47. The van der Waals surface area contributed by atoms with E-state index in [1.54, 1.807) is 0 Å². The molecule has 0 N–H and O–H groups in total. The average Bonchev–Trinajstić information content (AvgIpc) is 2.78. The van der Waals surface area contributed by atoms with Crippen molar-refractivity contribution < 1.29 is 19.1 Å². The Morgan fingerprint density at radius 2 is 1.04 bits per heavy atom. The number of hydrogen-bond donors (Lipinski definition) is 0. The molecule has 0 saturated heterocycles. The van der Waals surface area contributed by atoms with E-state index >= 15 is 0 Å². The van der Waals surface area contributed by atoms with Gasteiger partial charge in [-0.1, -0.05) is 36.4 Å². The largest absolute Gasteiger partial charge is 0.465 e. The van der Waals surface area contributed by atoms with Gasteiger partial charge in [-0.15, -0.1) is 0 Å². The molecule has 0 atom stereocenters. The van der Waals surface area contributed by atoms with Crippen LogP contribution in [0.15, 0.2) is 78.9 Å². The zero-order valence-corrected chi connectivity index (χ0v) is 17.0. The fourth-order valence-electron chi connectivity index (χ4n) is 3.24. The molecular weight excluding hydrogens is 371 g/mol. The van der Waals surface area contributed by atoms with Crippen molar-refractivity contribution in [3.63, 3.8) is 0 Å². The van der Waals surface area contributed by atoms with E-state index in [9.17, 15) is 9.59 Å². The van der Waals surface area contributed by atoms with E-state index in [-0.39, 0.29) is 0 Å². The number of carbonyl (C=O) groups excluding carboxylic acids is 2. The second-order valence-electron chi connectivity index (χ2n) is 6.43. The maximum Gasteiger partial charge on any atom is 0.338 e. The number of methoxy groups -OCH3 is 2. The van der Waals surface area contributed by atoms with Crippen molar-refractivity contribution in [2.24, 2.45) is 0 Å². The number of ether oxygens (including phenoxy) is 2. The lowest BCUT2D eigenvalue weighted by atomic mass is 10.1. The van der Waals surface area contributed by atoms with Gasteiger partial charge in [0.2, 0.25) is 0 Å². The summed E-state index contributed by atoms with van der Waals surface area (Å²) in [7, 11) is 0.562. The number of rotatable bonds is 5. The van der Waals surface area contributed by atoms with Gasteiger partial charge in [0.25, 0.3) is 0 Å². The van der Waals surface area contributed by atoms with Crippen molar-refractivity contribution in [2.45, 2.75) is 0 Å². The summed E-state index contributed by atoms with van der Waals surface area (Å²) >= 11 is 0. The smallest absolute Gasteiger partial charge is 0.338 e. The Hall–Kier alpha value is -2.97. The molecule has 142 valence electrons. The molecule has 0 aromatic heterocycles. The summed E-state index contributed by atoms with van der Waals surface area (Å²) in [5, 5.41) is 3.21. The van der Waals surface area contributed by atoms with Crippen LogP contribution in [0.1, 0.15) is 20.7 Å². The van der Waals surface area contributed by atoms with Gasteiger partial charge in [-0.05, 0) is 42.5 Å². The van der Waals surface area contributed by atoms with Gasteiger partial charge in [0.15, 0.2) is 0 Å². The van der Waals surface area contributed by atoms with Gasteiger partial charge >= 0.3 is 11.9 Å². The summed E-state index contributed by atoms with van der Waals surface area (Å²) in [4.78, 5) is 24.5. The zero-order valence-electron chi connectivity index (χ0n) is 16.1. The predicted octanol–water partition coefficient (Wildman–Crippen LogP) is 3.18. The minimum absolute atomic E-state index is 0.332. The van der Waals surface area contributed by atoms with Crippen molar-refractivity contribution in [1.29, 1.82) is 0 Å². The van der Waals surface area contributed by atoms with Gasteiger partial charge in [0, 0.05) is 0 Å². The second kappa shape index (κ2) is 8.37. The summed E-state index contributed by atoms with van der Waals surface area (Å²) in [5.74, 6) is -0.973. The van der Waals surface area contributed by atoms with Crippen molar-refractivity contribution in [1.82, 2.24) is 0 Å². The van der Waals surface area contributed by atoms with Gasteiger partial charge in [0.1, 0.15) is 23.2 Å². The summed E-state index contributed by atoms with van der Waals surface area (Å²) in [6.45, 7) is 2.19. The van der Waals surface area contributed by atoms with Crippen molar-refractivity contribution in [2.75, 3.05) is 20.9 Å². The number of esters is 2. The van der Waals surface area contributed by atoms with Gasteiger partial charge in [0.05, 0.1) is 32.0 Å². The SMILES string of the molecule is COC(=O)c1cc(C(=O)OC)cc([P+](C)(c2ccccc2)c2ccccc2)c1. The van der Waals surface area contributed by atoms with Crippen LogP contribution in [0.3, 0.4) is 0 Å². The molecule has 3 rings (SSSR count). The van der Waals surface area contributed by atoms with E-state index < -0.39 is 19.2 Å². The van der Waals surface area contributed by atoms with Gasteiger partial charge in [-0.25, -0.2) is 9.59 Å². The first kappa shape index (κ1) is 19.8. The number of hydrogen-bond acceptors (Lipinski definition) is 4. The lowest BCUT2D eigenvalue weighted by Crippen LogP contribution is -2.31. The van der Waals surface area contributed by atoms with Crippen LogP contribution in [-0.4, -0.2) is 32.8 Å². The molecule has 0 saturated carbocycles. The number of carbonyl (C=O) groups is 2. The molecule has 0 aliphatic rings. The molecule has 4 nitrogen and oxygen atoms in total. The first-order chi connectivity index (χ1) is 13.5. The van der Waals surface area contributed by atoms with Crippen LogP contribution in [0.25, 0.3) is 0 Å². The van der Waals surface area contributed by atoms with Crippen molar-refractivity contribution in [3.05, 3.63) is 90.0 Å². The Bertz CT molecular complexity index is 910. The van der Waals surface area contributed by atoms with Crippen LogP contribution < -0.4 is 15.9 Å². The Morgan fingerprint density at radius 1 is 0.643 bits per heavy atom. The topological polar surface area (TPSA) is 52.6 Å². The van der Waals surface area contributed by atoms with Crippen LogP contribution in [0.4, 0.5) is 0 Å². The van der Waals surface area contributed by atoms with E-state index in [2.05, 4.69) is 30.9 Å².